The summed E-state index contributed by atoms with van der Waals surface area (Å²) in [5, 5.41) is 0. The summed E-state index contributed by atoms with van der Waals surface area (Å²) < 4.78 is 48.9. The van der Waals surface area contributed by atoms with E-state index in [-0.39, 0.29) is 71.4 Å². The predicted octanol–water partition coefficient (Wildman–Crippen LogP) is -4.10. The van der Waals surface area contributed by atoms with E-state index < -0.39 is 0 Å². The van der Waals surface area contributed by atoms with E-state index >= 15 is 0 Å². The van der Waals surface area contributed by atoms with Crippen molar-refractivity contribution >= 4 is 0 Å². The van der Waals surface area contributed by atoms with Gasteiger partial charge in [-0.1, -0.05) is 64.7 Å². The molecule has 0 saturated carbocycles. The number of rotatable bonds is 38. The van der Waals surface area contributed by atoms with E-state index in [0.29, 0.717) is 112 Å². The van der Waals surface area contributed by atoms with Crippen molar-refractivity contribution in [3.8, 4) is 0 Å². The molecule has 0 bridgehead atoms. The Hall–Kier alpha value is 1.08. The number of halogens is 3. The Morgan fingerprint density at radius 1 is 0.367 bits per heavy atom. The van der Waals surface area contributed by atoms with Crippen LogP contribution in [-0.2, 0) is 63.1 Å². The van der Waals surface area contributed by atoms with E-state index in [1.54, 1.807) is 7.11 Å². The number of hydrogen-bond donors (Lipinski definition) is 0. The van der Waals surface area contributed by atoms with E-state index in [2.05, 4.69) is 35.8 Å². The van der Waals surface area contributed by atoms with Gasteiger partial charge in [0.15, 0.2) is 0 Å². The second-order valence-electron chi connectivity index (χ2n) is 11.0. The smallest absolute Gasteiger partial charge is 0.141 e. The molecule has 0 fully saturated rings. The summed E-state index contributed by atoms with van der Waals surface area (Å²) in [5.74, 6) is 0. The zero-order chi connectivity index (χ0) is 32.1. The van der Waals surface area contributed by atoms with Crippen molar-refractivity contribution in [3.63, 3.8) is 0 Å². The Balaban J connectivity index is -0.00000253. The molecular weight excluding hydrogens is 927 g/mol. The van der Waals surface area contributed by atoms with Crippen molar-refractivity contribution in [2.75, 3.05) is 133 Å². The van der Waals surface area contributed by atoms with E-state index in [4.69, 9.17) is 42.6 Å². The van der Waals surface area contributed by atoms with Crippen LogP contribution in [0.5, 0.6) is 0 Å². The first-order valence-electron chi connectivity index (χ1n) is 17.5. The summed E-state index contributed by atoms with van der Waals surface area (Å²) in [5.41, 5.74) is 0. The largest absolute Gasteiger partial charge is 1.00 e. The van der Waals surface area contributed by atoms with Crippen LogP contribution >= 0.6 is 0 Å². The topological polar surface area (TPSA) is 89.6 Å². The molecule has 1 radical (unpaired) electrons. The summed E-state index contributed by atoms with van der Waals surface area (Å²) in [6.45, 7) is 16.0. The minimum atomic E-state index is 0. The molecule has 1 aliphatic rings. The predicted molar refractivity (Wildman–Crippen MR) is 177 cm³/mol. The maximum Gasteiger partial charge on any atom is 0.141 e. The van der Waals surface area contributed by atoms with Crippen LogP contribution in [-0.4, -0.2) is 142 Å². The molecule has 15 heteroatoms. The number of ether oxygens (including phenoxy) is 9. The number of hydrogen-bond acceptors (Lipinski definition) is 11. The third kappa shape index (κ3) is 43.4. The van der Waals surface area contributed by atoms with Crippen LogP contribution in [0.1, 0.15) is 71.1 Å². The molecule has 301 valence electrons. The van der Waals surface area contributed by atoms with Gasteiger partial charge in [0.2, 0.25) is 0 Å². The normalized spacial score (nSPS) is 12.0. The van der Waals surface area contributed by atoms with Crippen molar-refractivity contribution in [1.82, 2.24) is 9.80 Å². The molecule has 49 heavy (non-hydrogen) atoms. The van der Waals surface area contributed by atoms with Crippen molar-refractivity contribution in [1.29, 1.82) is 0 Å². The molecule has 0 atom stereocenters. The average molecular weight is 994 g/mol. The van der Waals surface area contributed by atoms with Gasteiger partial charge in [0.1, 0.15) is 6.67 Å². The van der Waals surface area contributed by atoms with Gasteiger partial charge in [-0.15, -0.1) is 0 Å². The Morgan fingerprint density at radius 2 is 0.653 bits per heavy atom. The Labute approximate surface area is 344 Å². The fourth-order valence-electron chi connectivity index (χ4n) is 4.44. The summed E-state index contributed by atoms with van der Waals surface area (Å²) in [4.78, 5) is 4.48. The van der Waals surface area contributed by atoms with Crippen LogP contribution in [0.15, 0.2) is 12.4 Å². The number of methoxy groups -OCH3 is 1. The molecule has 0 aromatic heterocycles. The molecule has 0 saturated heterocycles. The maximum absolute atomic E-state index is 5.71. The van der Waals surface area contributed by atoms with Crippen molar-refractivity contribution < 1.29 is 114 Å². The van der Waals surface area contributed by atoms with Gasteiger partial charge >= 0.3 is 0 Å². The van der Waals surface area contributed by atoms with Gasteiger partial charge < -0.3 is 103 Å². The fraction of sp³-hybridized carbons (Fsp3) is 0.912. The van der Waals surface area contributed by atoms with E-state index in [1.807, 2.05) is 0 Å². The third-order valence-corrected chi connectivity index (χ3v) is 7.05. The summed E-state index contributed by atoms with van der Waals surface area (Å²) in [7, 11) is 1.65. The van der Waals surface area contributed by atoms with Crippen molar-refractivity contribution in [2.24, 2.45) is 0 Å². The average Bonchev–Trinajstić information content (AvgIpc) is 3.51. The van der Waals surface area contributed by atoms with Crippen LogP contribution in [0.25, 0.3) is 0 Å². The van der Waals surface area contributed by atoms with E-state index in [1.165, 1.54) is 64.2 Å². The van der Waals surface area contributed by atoms with Crippen molar-refractivity contribution in [2.45, 2.75) is 71.1 Å². The van der Waals surface area contributed by atoms with Gasteiger partial charge in [0, 0.05) is 53.0 Å². The number of nitrogens with zero attached hydrogens (tertiary/aromatic N) is 2. The maximum atomic E-state index is 5.71. The molecule has 1 heterocycles. The van der Waals surface area contributed by atoms with E-state index in [0.717, 1.165) is 13.1 Å². The molecule has 11 nitrogen and oxygen atoms in total. The first-order chi connectivity index (χ1) is 22.4. The third-order valence-electron chi connectivity index (χ3n) is 7.05. The van der Waals surface area contributed by atoms with Gasteiger partial charge in [0.05, 0.1) is 112 Å². The molecule has 0 unspecified atom stereocenters. The Bertz CT molecular complexity index is 627. The van der Waals surface area contributed by atoms with Crippen LogP contribution in [0.2, 0.25) is 0 Å². The van der Waals surface area contributed by atoms with Gasteiger partial charge in [-0.05, 0) is 6.42 Å². The molecule has 0 amide bonds. The second-order valence-corrected chi connectivity index (χ2v) is 11.0. The Kier molecular flexibility index (Phi) is 56.9. The summed E-state index contributed by atoms with van der Waals surface area (Å²) >= 11 is 0. The van der Waals surface area contributed by atoms with E-state index in [9.17, 15) is 0 Å². The quantitative estimate of drug-likeness (QED) is 0.0448. The van der Waals surface area contributed by atoms with Crippen LogP contribution in [0, 0.1) is 6.67 Å². The molecular formula is C34H67Br3N2O9Pd-3. The zero-order valence-electron chi connectivity index (χ0n) is 30.3. The first kappa shape index (κ1) is 56.8. The molecule has 0 aromatic rings. The first-order valence-corrected chi connectivity index (χ1v) is 17.5. The number of unbranched alkanes of at least 4 members (excludes halogenated alkanes) is 9. The van der Waals surface area contributed by atoms with Crippen LogP contribution < -0.4 is 50.9 Å². The molecule has 1 rings (SSSR count). The van der Waals surface area contributed by atoms with Gasteiger partial charge in [-0.25, -0.2) is 0 Å². The zero-order valence-corrected chi connectivity index (χ0v) is 36.6. The second kappa shape index (κ2) is 49.1. The molecule has 0 aromatic carbocycles. The standard InChI is InChI=1S/C34H67N2O9.3BrH.Pd/c1-3-4-5-6-7-8-9-10-11-12-13-35-14-15-36(34-35)16-17-38-20-21-40-24-25-42-28-29-44-32-33-45-31-30-43-27-26-41-23-22-39-19-18-37-2;;;;/h14-15,34H,3-13,16-33H2,1-2H3;3*1H;/p-3. The van der Waals surface area contributed by atoms with Gasteiger partial charge in [0.25, 0.3) is 0 Å². The molecule has 1 aliphatic heterocycles. The van der Waals surface area contributed by atoms with Gasteiger partial charge in [-0.2, -0.15) is 0 Å². The van der Waals surface area contributed by atoms with Gasteiger partial charge in [-0.3, -0.25) is 0 Å². The Morgan fingerprint density at radius 3 is 1.00 bits per heavy atom. The molecule has 0 spiro atoms. The minimum Gasteiger partial charge on any atom is -1.00 e. The van der Waals surface area contributed by atoms with Crippen LogP contribution in [0.3, 0.4) is 0 Å². The fourth-order valence-corrected chi connectivity index (χ4v) is 4.44. The monoisotopic (exact) mass is 990 g/mol. The molecule has 0 aliphatic carbocycles. The summed E-state index contributed by atoms with van der Waals surface area (Å²) in [6, 6.07) is 0. The minimum absolute atomic E-state index is 0. The molecule has 0 N–H and O–H groups in total. The van der Waals surface area contributed by atoms with Crippen molar-refractivity contribution in [3.05, 3.63) is 19.1 Å². The summed E-state index contributed by atoms with van der Waals surface area (Å²) in [6.07, 6.45) is 18.0. The van der Waals surface area contributed by atoms with Crippen LogP contribution in [0.4, 0.5) is 0 Å². The SMILES string of the molecule is CCCCCCCCCCCCN1[CH]N(CCOCCOCCOCCOCCOCCOCCOCCOCCOC)C=C1.[Br-].[Br-].[Br-].[Pd].